The molecule has 3 rings (SSSR count). The van der Waals surface area contributed by atoms with Crippen LogP contribution in [0.4, 0.5) is 0 Å². The Morgan fingerprint density at radius 2 is 2.09 bits per heavy atom. The van der Waals surface area contributed by atoms with Gasteiger partial charge in [-0.05, 0) is 48.6 Å². The molecule has 0 bridgehead atoms. The SMILES string of the molecule is COc1cccc(CCC(=O)N(Cc2cccnc2)C2CC2)c1. The van der Waals surface area contributed by atoms with Gasteiger partial charge in [-0.3, -0.25) is 9.78 Å². The molecule has 0 saturated heterocycles. The lowest BCUT2D eigenvalue weighted by Gasteiger charge is -2.22. The number of hydrogen-bond acceptors (Lipinski definition) is 3. The number of pyridine rings is 1. The number of methoxy groups -OCH3 is 1. The van der Waals surface area contributed by atoms with Crippen LogP contribution in [0.15, 0.2) is 48.8 Å². The topological polar surface area (TPSA) is 42.4 Å². The molecule has 4 nitrogen and oxygen atoms in total. The van der Waals surface area contributed by atoms with Gasteiger partial charge in [-0.1, -0.05) is 18.2 Å². The van der Waals surface area contributed by atoms with Gasteiger partial charge in [0.1, 0.15) is 5.75 Å². The Labute approximate surface area is 137 Å². The van der Waals surface area contributed by atoms with E-state index in [1.54, 1.807) is 13.3 Å². The first-order valence-corrected chi connectivity index (χ1v) is 8.07. The van der Waals surface area contributed by atoms with E-state index in [9.17, 15) is 4.79 Å². The first kappa shape index (κ1) is 15.5. The van der Waals surface area contributed by atoms with Crippen molar-refractivity contribution in [2.75, 3.05) is 7.11 Å². The Hall–Kier alpha value is -2.36. The summed E-state index contributed by atoms with van der Waals surface area (Å²) in [4.78, 5) is 18.8. The first-order valence-electron chi connectivity index (χ1n) is 8.07. The molecule has 0 atom stereocenters. The van der Waals surface area contributed by atoms with E-state index in [0.29, 0.717) is 19.0 Å². The summed E-state index contributed by atoms with van der Waals surface area (Å²) >= 11 is 0. The maximum atomic E-state index is 12.6. The van der Waals surface area contributed by atoms with Crippen LogP contribution in [0.25, 0.3) is 0 Å². The molecule has 4 heteroatoms. The molecule has 1 saturated carbocycles. The van der Waals surface area contributed by atoms with Crippen molar-refractivity contribution in [3.63, 3.8) is 0 Å². The largest absolute Gasteiger partial charge is 0.497 e. The number of rotatable bonds is 7. The third-order valence-corrected chi connectivity index (χ3v) is 4.15. The fraction of sp³-hybridized carbons (Fsp3) is 0.368. The minimum Gasteiger partial charge on any atom is -0.497 e. The molecule has 0 spiro atoms. The van der Waals surface area contributed by atoms with Crippen LogP contribution in [0.1, 0.15) is 30.4 Å². The molecule has 1 fully saturated rings. The summed E-state index contributed by atoms with van der Waals surface area (Å²) in [6, 6.07) is 12.3. The van der Waals surface area contributed by atoms with E-state index in [4.69, 9.17) is 4.74 Å². The summed E-state index contributed by atoms with van der Waals surface area (Å²) in [6.07, 6.45) is 7.10. The second-order valence-corrected chi connectivity index (χ2v) is 5.97. The van der Waals surface area contributed by atoms with Gasteiger partial charge < -0.3 is 9.64 Å². The Balaban J connectivity index is 1.60. The smallest absolute Gasteiger partial charge is 0.223 e. The van der Waals surface area contributed by atoms with Crippen LogP contribution in [-0.2, 0) is 17.8 Å². The van der Waals surface area contributed by atoms with Gasteiger partial charge in [0, 0.05) is 31.4 Å². The average molecular weight is 310 g/mol. The summed E-state index contributed by atoms with van der Waals surface area (Å²) in [5.74, 6) is 1.06. The molecular weight excluding hydrogens is 288 g/mol. The lowest BCUT2D eigenvalue weighted by atomic mass is 10.1. The van der Waals surface area contributed by atoms with Crippen molar-refractivity contribution in [1.82, 2.24) is 9.88 Å². The number of carbonyl (C=O) groups is 1. The molecule has 120 valence electrons. The summed E-state index contributed by atoms with van der Waals surface area (Å²) in [7, 11) is 1.66. The van der Waals surface area contributed by atoms with Gasteiger partial charge in [-0.15, -0.1) is 0 Å². The van der Waals surface area contributed by atoms with Gasteiger partial charge in [0.25, 0.3) is 0 Å². The van der Waals surface area contributed by atoms with Crippen LogP contribution in [0.3, 0.4) is 0 Å². The van der Waals surface area contributed by atoms with Crippen molar-refractivity contribution >= 4 is 5.91 Å². The van der Waals surface area contributed by atoms with Gasteiger partial charge in [0.15, 0.2) is 0 Å². The zero-order valence-electron chi connectivity index (χ0n) is 13.4. The van der Waals surface area contributed by atoms with Gasteiger partial charge >= 0.3 is 0 Å². The molecule has 1 aromatic carbocycles. The molecule has 0 aliphatic heterocycles. The minimum absolute atomic E-state index is 0.221. The van der Waals surface area contributed by atoms with E-state index in [1.165, 1.54) is 0 Å². The Morgan fingerprint density at radius 3 is 2.78 bits per heavy atom. The molecule has 2 aromatic rings. The fourth-order valence-corrected chi connectivity index (χ4v) is 2.72. The normalized spacial score (nSPS) is 13.6. The van der Waals surface area contributed by atoms with E-state index in [0.717, 1.165) is 36.1 Å². The number of benzene rings is 1. The number of nitrogens with zero attached hydrogens (tertiary/aromatic N) is 2. The average Bonchev–Trinajstić information content (AvgIpc) is 3.43. The van der Waals surface area contributed by atoms with Gasteiger partial charge in [-0.25, -0.2) is 0 Å². The molecule has 1 aliphatic rings. The minimum atomic E-state index is 0.221. The maximum Gasteiger partial charge on any atom is 0.223 e. The molecule has 1 aromatic heterocycles. The van der Waals surface area contributed by atoms with Gasteiger partial charge in [-0.2, -0.15) is 0 Å². The Bertz CT molecular complexity index is 653. The van der Waals surface area contributed by atoms with Crippen molar-refractivity contribution in [3.05, 3.63) is 59.9 Å². The molecule has 0 radical (unpaired) electrons. The highest BCUT2D eigenvalue weighted by atomic mass is 16.5. The fourth-order valence-electron chi connectivity index (χ4n) is 2.72. The number of aromatic nitrogens is 1. The zero-order valence-corrected chi connectivity index (χ0v) is 13.4. The third kappa shape index (κ3) is 4.31. The molecule has 0 N–H and O–H groups in total. The van der Waals surface area contributed by atoms with Crippen molar-refractivity contribution in [2.24, 2.45) is 0 Å². The highest BCUT2D eigenvalue weighted by Crippen LogP contribution is 2.29. The molecule has 0 unspecified atom stereocenters. The highest BCUT2D eigenvalue weighted by Gasteiger charge is 2.32. The van der Waals surface area contributed by atoms with Crippen LogP contribution in [0.5, 0.6) is 5.75 Å². The van der Waals surface area contributed by atoms with E-state index in [2.05, 4.69) is 4.98 Å². The molecule has 1 heterocycles. The Morgan fingerprint density at radius 1 is 1.26 bits per heavy atom. The van der Waals surface area contributed by atoms with Crippen LogP contribution < -0.4 is 4.74 Å². The number of ether oxygens (including phenoxy) is 1. The van der Waals surface area contributed by atoms with Crippen LogP contribution in [0, 0.1) is 0 Å². The van der Waals surface area contributed by atoms with Gasteiger partial charge in [0.05, 0.1) is 7.11 Å². The number of hydrogen-bond donors (Lipinski definition) is 0. The molecule has 23 heavy (non-hydrogen) atoms. The summed E-state index contributed by atoms with van der Waals surface area (Å²) in [5.41, 5.74) is 2.23. The predicted octanol–water partition coefficient (Wildman–Crippen LogP) is 3.21. The van der Waals surface area contributed by atoms with Gasteiger partial charge in [0.2, 0.25) is 5.91 Å². The van der Waals surface area contributed by atoms with E-state index < -0.39 is 0 Å². The third-order valence-electron chi connectivity index (χ3n) is 4.15. The Kier molecular flexibility index (Phi) is 4.91. The molecular formula is C19H22N2O2. The zero-order chi connectivity index (χ0) is 16.1. The molecule has 1 amide bonds. The lowest BCUT2D eigenvalue weighted by Crippen LogP contribution is -2.32. The second-order valence-electron chi connectivity index (χ2n) is 5.97. The number of aryl methyl sites for hydroxylation is 1. The number of amides is 1. The lowest BCUT2D eigenvalue weighted by molar-refractivity contribution is -0.132. The van der Waals surface area contributed by atoms with Crippen molar-refractivity contribution in [2.45, 2.75) is 38.3 Å². The van der Waals surface area contributed by atoms with E-state index >= 15 is 0 Å². The predicted molar refractivity (Wildman–Crippen MR) is 89.1 cm³/mol. The first-order chi connectivity index (χ1) is 11.3. The van der Waals surface area contributed by atoms with Crippen LogP contribution in [-0.4, -0.2) is 28.9 Å². The number of carbonyl (C=O) groups excluding carboxylic acids is 1. The maximum absolute atomic E-state index is 12.6. The van der Waals surface area contributed by atoms with Crippen molar-refractivity contribution in [3.8, 4) is 5.75 Å². The second kappa shape index (κ2) is 7.27. The van der Waals surface area contributed by atoms with Crippen LogP contribution in [0.2, 0.25) is 0 Å². The summed E-state index contributed by atoms with van der Waals surface area (Å²) in [6.45, 7) is 0.662. The molecule has 1 aliphatic carbocycles. The van der Waals surface area contributed by atoms with Crippen molar-refractivity contribution in [1.29, 1.82) is 0 Å². The van der Waals surface area contributed by atoms with Crippen LogP contribution >= 0.6 is 0 Å². The standard InChI is InChI=1S/C19H22N2O2/c1-23-18-6-2-4-15(12-18)7-10-19(22)21(17-8-9-17)14-16-5-3-11-20-13-16/h2-6,11-13,17H,7-10,14H2,1H3. The van der Waals surface area contributed by atoms with Crippen molar-refractivity contribution < 1.29 is 9.53 Å². The quantitative estimate of drug-likeness (QED) is 0.788. The monoisotopic (exact) mass is 310 g/mol. The highest BCUT2D eigenvalue weighted by molar-refractivity contribution is 5.77. The summed E-state index contributed by atoms with van der Waals surface area (Å²) in [5, 5.41) is 0. The van der Waals surface area contributed by atoms with E-state index in [-0.39, 0.29) is 5.91 Å². The summed E-state index contributed by atoms with van der Waals surface area (Å²) < 4.78 is 5.23. The van der Waals surface area contributed by atoms with E-state index in [1.807, 2.05) is 47.5 Å².